The lowest BCUT2D eigenvalue weighted by Crippen LogP contribution is -2.09. The Kier molecular flexibility index (Phi) is 4.41. The van der Waals surface area contributed by atoms with Gasteiger partial charge in [0, 0.05) is 5.56 Å². The molecule has 0 unspecified atom stereocenters. The second kappa shape index (κ2) is 5.80. The zero-order valence-corrected chi connectivity index (χ0v) is 9.82. The SMILES string of the molecule is CCOC(=O)Cc1cc(C#N)c(C)cc1C=O. The molecule has 0 amide bonds. The number of aryl methyl sites for hydroxylation is 1. The van der Waals surface area contributed by atoms with E-state index in [0.29, 0.717) is 29.6 Å². The predicted octanol–water partition coefficient (Wildman–Crippen LogP) is 1.78. The number of nitriles is 1. The molecule has 17 heavy (non-hydrogen) atoms. The van der Waals surface area contributed by atoms with Crippen molar-refractivity contribution in [2.24, 2.45) is 0 Å². The van der Waals surface area contributed by atoms with Crippen LogP contribution in [-0.2, 0) is 16.0 Å². The third-order valence-corrected chi connectivity index (χ3v) is 2.37. The van der Waals surface area contributed by atoms with Gasteiger partial charge in [0.1, 0.15) is 6.29 Å². The smallest absolute Gasteiger partial charge is 0.310 e. The first-order valence-corrected chi connectivity index (χ1v) is 5.26. The van der Waals surface area contributed by atoms with Crippen LogP contribution in [0.2, 0.25) is 0 Å². The molecule has 0 aliphatic carbocycles. The quantitative estimate of drug-likeness (QED) is 0.585. The van der Waals surface area contributed by atoms with Crippen LogP contribution in [0.5, 0.6) is 0 Å². The van der Waals surface area contributed by atoms with Crippen molar-refractivity contribution < 1.29 is 14.3 Å². The van der Waals surface area contributed by atoms with Crippen molar-refractivity contribution in [2.45, 2.75) is 20.3 Å². The lowest BCUT2D eigenvalue weighted by atomic mass is 9.98. The van der Waals surface area contributed by atoms with E-state index in [1.807, 2.05) is 6.07 Å². The fourth-order valence-electron chi connectivity index (χ4n) is 1.53. The number of carbonyl (C=O) groups is 2. The highest BCUT2D eigenvalue weighted by Gasteiger charge is 2.11. The van der Waals surface area contributed by atoms with Crippen molar-refractivity contribution in [1.29, 1.82) is 5.26 Å². The topological polar surface area (TPSA) is 67.2 Å². The molecule has 0 saturated heterocycles. The largest absolute Gasteiger partial charge is 0.466 e. The Labute approximate surface area is 99.8 Å². The van der Waals surface area contributed by atoms with E-state index in [9.17, 15) is 9.59 Å². The molecular weight excluding hydrogens is 218 g/mol. The summed E-state index contributed by atoms with van der Waals surface area (Å²) in [6.45, 7) is 3.76. The first-order valence-electron chi connectivity index (χ1n) is 5.26. The van der Waals surface area contributed by atoms with Crippen LogP contribution in [0, 0.1) is 18.3 Å². The molecule has 1 aromatic carbocycles. The number of benzene rings is 1. The number of nitrogens with zero attached hydrogens (tertiary/aromatic N) is 1. The van der Waals surface area contributed by atoms with Gasteiger partial charge < -0.3 is 4.74 Å². The first kappa shape index (κ1) is 12.9. The van der Waals surface area contributed by atoms with Gasteiger partial charge in [0.2, 0.25) is 0 Å². The maximum absolute atomic E-state index is 11.3. The lowest BCUT2D eigenvalue weighted by molar-refractivity contribution is -0.142. The van der Waals surface area contributed by atoms with Gasteiger partial charge in [0.25, 0.3) is 0 Å². The average Bonchev–Trinajstić information content (AvgIpc) is 2.31. The van der Waals surface area contributed by atoms with E-state index in [4.69, 9.17) is 10.00 Å². The number of esters is 1. The standard InChI is InChI=1S/C13H13NO3/c1-3-17-13(16)6-10-5-11(7-14)9(2)4-12(10)8-15/h4-5,8H,3,6H2,1-2H3. The fourth-order valence-corrected chi connectivity index (χ4v) is 1.53. The highest BCUT2D eigenvalue weighted by Crippen LogP contribution is 2.16. The van der Waals surface area contributed by atoms with Crippen molar-refractivity contribution in [2.75, 3.05) is 6.61 Å². The second-order valence-corrected chi connectivity index (χ2v) is 3.58. The van der Waals surface area contributed by atoms with E-state index in [-0.39, 0.29) is 6.42 Å². The minimum atomic E-state index is -0.400. The summed E-state index contributed by atoms with van der Waals surface area (Å²) in [5.41, 5.74) is 2.15. The third-order valence-electron chi connectivity index (χ3n) is 2.37. The molecule has 0 radical (unpaired) electrons. The molecule has 0 heterocycles. The molecule has 0 N–H and O–H groups in total. The van der Waals surface area contributed by atoms with Crippen molar-refractivity contribution in [1.82, 2.24) is 0 Å². The molecule has 0 aliphatic heterocycles. The molecule has 0 fully saturated rings. The maximum Gasteiger partial charge on any atom is 0.310 e. The minimum absolute atomic E-state index is 0.0108. The van der Waals surface area contributed by atoms with E-state index in [0.717, 1.165) is 5.56 Å². The van der Waals surface area contributed by atoms with Crippen LogP contribution < -0.4 is 0 Å². The Morgan fingerprint density at radius 2 is 2.24 bits per heavy atom. The number of aldehydes is 1. The van der Waals surface area contributed by atoms with Crippen molar-refractivity contribution in [3.63, 3.8) is 0 Å². The minimum Gasteiger partial charge on any atom is -0.466 e. The van der Waals surface area contributed by atoms with Crippen LogP contribution in [0.25, 0.3) is 0 Å². The summed E-state index contributed by atoms with van der Waals surface area (Å²) >= 11 is 0. The number of hydrogen-bond donors (Lipinski definition) is 0. The predicted molar refractivity (Wildman–Crippen MR) is 61.6 cm³/mol. The van der Waals surface area contributed by atoms with Gasteiger partial charge in [-0.1, -0.05) is 0 Å². The molecule has 1 aromatic rings. The Morgan fingerprint density at radius 3 is 2.76 bits per heavy atom. The van der Waals surface area contributed by atoms with Gasteiger partial charge in [0.15, 0.2) is 0 Å². The molecule has 0 aliphatic rings. The Morgan fingerprint density at radius 1 is 1.53 bits per heavy atom. The summed E-state index contributed by atoms with van der Waals surface area (Å²) in [6, 6.07) is 5.20. The normalized spacial score (nSPS) is 9.47. The summed E-state index contributed by atoms with van der Waals surface area (Å²) in [6.07, 6.45) is 0.694. The number of hydrogen-bond acceptors (Lipinski definition) is 4. The Bertz CT molecular complexity index is 486. The van der Waals surface area contributed by atoms with E-state index >= 15 is 0 Å². The summed E-state index contributed by atoms with van der Waals surface area (Å²) in [5.74, 6) is -0.400. The van der Waals surface area contributed by atoms with Crippen molar-refractivity contribution in [3.8, 4) is 6.07 Å². The second-order valence-electron chi connectivity index (χ2n) is 3.58. The van der Waals surface area contributed by atoms with Gasteiger partial charge in [-0.05, 0) is 37.1 Å². The van der Waals surface area contributed by atoms with Crippen molar-refractivity contribution in [3.05, 3.63) is 34.4 Å². The van der Waals surface area contributed by atoms with Gasteiger partial charge in [0.05, 0.1) is 24.7 Å². The van der Waals surface area contributed by atoms with Crippen LogP contribution in [0.15, 0.2) is 12.1 Å². The van der Waals surface area contributed by atoms with E-state index in [1.54, 1.807) is 26.0 Å². The van der Waals surface area contributed by atoms with Crippen LogP contribution >= 0.6 is 0 Å². The average molecular weight is 231 g/mol. The highest BCUT2D eigenvalue weighted by molar-refractivity contribution is 5.82. The van der Waals surface area contributed by atoms with Crippen LogP contribution in [0.4, 0.5) is 0 Å². The number of carbonyl (C=O) groups excluding carboxylic acids is 2. The van der Waals surface area contributed by atoms with Gasteiger partial charge in [-0.15, -0.1) is 0 Å². The fraction of sp³-hybridized carbons (Fsp3) is 0.308. The summed E-state index contributed by atoms with van der Waals surface area (Å²) < 4.78 is 4.81. The molecule has 88 valence electrons. The molecule has 0 spiro atoms. The molecular formula is C13H13NO3. The van der Waals surface area contributed by atoms with Crippen LogP contribution in [-0.4, -0.2) is 18.9 Å². The van der Waals surface area contributed by atoms with Gasteiger partial charge in [-0.25, -0.2) is 0 Å². The van der Waals surface area contributed by atoms with E-state index in [2.05, 4.69) is 0 Å². The molecule has 0 bridgehead atoms. The van der Waals surface area contributed by atoms with Gasteiger partial charge in [-0.3, -0.25) is 9.59 Å². The number of ether oxygens (including phenoxy) is 1. The Hall–Kier alpha value is -2.15. The monoisotopic (exact) mass is 231 g/mol. The van der Waals surface area contributed by atoms with Crippen molar-refractivity contribution >= 4 is 12.3 Å². The van der Waals surface area contributed by atoms with Gasteiger partial charge in [-0.2, -0.15) is 5.26 Å². The highest BCUT2D eigenvalue weighted by atomic mass is 16.5. The lowest BCUT2D eigenvalue weighted by Gasteiger charge is -2.07. The molecule has 0 atom stereocenters. The molecule has 0 aromatic heterocycles. The Balaban J connectivity index is 3.09. The summed E-state index contributed by atoms with van der Waals surface area (Å²) in [4.78, 5) is 22.2. The molecule has 4 heteroatoms. The van der Waals surface area contributed by atoms with Gasteiger partial charge >= 0.3 is 5.97 Å². The third kappa shape index (κ3) is 3.15. The zero-order valence-electron chi connectivity index (χ0n) is 9.82. The summed E-state index contributed by atoms with van der Waals surface area (Å²) in [7, 11) is 0. The van der Waals surface area contributed by atoms with Crippen LogP contribution in [0.3, 0.4) is 0 Å². The molecule has 0 saturated carbocycles. The molecule has 1 rings (SSSR count). The van der Waals surface area contributed by atoms with E-state index in [1.165, 1.54) is 0 Å². The maximum atomic E-state index is 11.3. The number of rotatable bonds is 4. The van der Waals surface area contributed by atoms with Crippen LogP contribution in [0.1, 0.15) is 34.0 Å². The zero-order chi connectivity index (χ0) is 12.8. The molecule has 4 nitrogen and oxygen atoms in total. The first-order chi connectivity index (χ1) is 8.12. The summed E-state index contributed by atoms with van der Waals surface area (Å²) in [5, 5.41) is 8.89. The van der Waals surface area contributed by atoms with E-state index < -0.39 is 5.97 Å².